The van der Waals surface area contributed by atoms with E-state index in [1.54, 1.807) is 6.07 Å². The lowest BCUT2D eigenvalue weighted by Crippen LogP contribution is -2.35. The van der Waals surface area contributed by atoms with Gasteiger partial charge in [-0.2, -0.15) is 0 Å². The van der Waals surface area contributed by atoms with Crippen molar-refractivity contribution in [2.24, 2.45) is 5.92 Å². The minimum atomic E-state index is -0.230. The van der Waals surface area contributed by atoms with Crippen LogP contribution in [0.1, 0.15) is 19.4 Å². The maximum absolute atomic E-state index is 13.2. The molecule has 1 aromatic rings. The molecule has 1 unspecified atom stereocenters. The average Bonchev–Trinajstić information content (AvgIpc) is 2.24. The average molecular weight is 309 g/mol. The van der Waals surface area contributed by atoms with Crippen LogP contribution < -0.4 is 5.32 Å². The second-order valence-corrected chi connectivity index (χ2v) is 5.20. The molecule has 0 aliphatic rings. The van der Waals surface area contributed by atoms with Crippen molar-refractivity contribution in [3.05, 3.63) is 34.1 Å². The topological polar surface area (TPSA) is 12.0 Å². The molecule has 0 saturated carbocycles. The zero-order valence-corrected chi connectivity index (χ0v) is 11.8. The number of halogens is 3. The maximum atomic E-state index is 13.2. The van der Waals surface area contributed by atoms with Crippen LogP contribution in [0, 0.1) is 11.7 Å². The van der Waals surface area contributed by atoms with Crippen LogP contribution in [-0.2, 0) is 6.54 Å². The van der Waals surface area contributed by atoms with Crippen LogP contribution in [0.3, 0.4) is 0 Å². The van der Waals surface area contributed by atoms with E-state index in [1.807, 2.05) is 6.07 Å². The van der Waals surface area contributed by atoms with Gasteiger partial charge in [-0.1, -0.05) is 26.0 Å². The van der Waals surface area contributed by atoms with Crippen molar-refractivity contribution in [2.45, 2.75) is 26.4 Å². The molecule has 0 heterocycles. The van der Waals surface area contributed by atoms with E-state index < -0.39 is 0 Å². The number of hydrogen-bond acceptors (Lipinski definition) is 1. The summed E-state index contributed by atoms with van der Waals surface area (Å²) in [5.74, 6) is 0.793. The molecule has 0 amide bonds. The van der Waals surface area contributed by atoms with Crippen LogP contribution in [0.4, 0.5) is 4.39 Å². The summed E-state index contributed by atoms with van der Waals surface area (Å²) >= 11 is 9.09. The largest absolute Gasteiger partial charge is 0.308 e. The molecular formula is C12H16BrClFN. The number of nitrogens with one attached hydrogen (secondary N) is 1. The summed E-state index contributed by atoms with van der Waals surface area (Å²) < 4.78 is 13.8. The molecule has 0 aromatic heterocycles. The summed E-state index contributed by atoms with van der Waals surface area (Å²) in [6.45, 7) is 4.84. The number of hydrogen-bond donors (Lipinski definition) is 1. The highest BCUT2D eigenvalue weighted by molar-refractivity contribution is 9.10. The first-order valence-electron chi connectivity index (χ1n) is 5.28. The predicted octanol–water partition coefficient (Wildman–Crippen LogP) is 3.94. The molecule has 1 rings (SSSR count). The van der Waals surface area contributed by atoms with E-state index >= 15 is 0 Å². The summed E-state index contributed by atoms with van der Waals surface area (Å²) in [7, 11) is 0. The highest BCUT2D eigenvalue weighted by Crippen LogP contribution is 2.20. The Kier molecular flexibility index (Phi) is 5.73. The molecule has 0 fully saturated rings. The van der Waals surface area contributed by atoms with Crippen molar-refractivity contribution in [3.8, 4) is 0 Å². The first-order chi connectivity index (χ1) is 7.56. The Morgan fingerprint density at radius 1 is 1.44 bits per heavy atom. The highest BCUT2D eigenvalue weighted by Gasteiger charge is 2.12. The van der Waals surface area contributed by atoms with Crippen molar-refractivity contribution in [3.63, 3.8) is 0 Å². The Morgan fingerprint density at radius 2 is 2.12 bits per heavy atom. The van der Waals surface area contributed by atoms with Crippen molar-refractivity contribution < 1.29 is 4.39 Å². The lowest BCUT2D eigenvalue weighted by molar-refractivity contribution is 0.429. The minimum Gasteiger partial charge on any atom is -0.308 e. The fourth-order valence-electron chi connectivity index (χ4n) is 1.39. The number of alkyl halides is 1. The molecule has 0 spiro atoms. The first-order valence-corrected chi connectivity index (χ1v) is 6.61. The molecule has 4 heteroatoms. The van der Waals surface area contributed by atoms with E-state index in [0.717, 1.165) is 5.56 Å². The van der Waals surface area contributed by atoms with Crippen molar-refractivity contribution >= 4 is 27.5 Å². The Morgan fingerprint density at radius 3 is 2.69 bits per heavy atom. The van der Waals surface area contributed by atoms with E-state index in [2.05, 4.69) is 35.1 Å². The Bertz CT molecular complexity index is 344. The van der Waals surface area contributed by atoms with Crippen molar-refractivity contribution in [1.29, 1.82) is 0 Å². The van der Waals surface area contributed by atoms with Gasteiger partial charge in [0, 0.05) is 18.5 Å². The Balaban J connectivity index is 2.64. The van der Waals surface area contributed by atoms with Gasteiger partial charge in [0.15, 0.2) is 0 Å². The van der Waals surface area contributed by atoms with Crippen molar-refractivity contribution in [2.75, 3.05) is 5.88 Å². The molecule has 0 radical (unpaired) electrons. The van der Waals surface area contributed by atoms with Gasteiger partial charge in [-0.05, 0) is 33.5 Å². The third-order valence-electron chi connectivity index (χ3n) is 2.56. The van der Waals surface area contributed by atoms with Crippen molar-refractivity contribution in [1.82, 2.24) is 5.32 Å². The molecule has 1 N–H and O–H groups in total. The third kappa shape index (κ3) is 3.72. The van der Waals surface area contributed by atoms with Gasteiger partial charge in [0.05, 0.1) is 4.47 Å². The summed E-state index contributed by atoms with van der Waals surface area (Å²) in [6, 6.07) is 5.29. The Labute approximate surface area is 110 Å². The number of benzene rings is 1. The molecule has 0 bridgehead atoms. The second-order valence-electron chi connectivity index (χ2n) is 4.10. The molecular weight excluding hydrogens is 292 g/mol. The fraction of sp³-hybridized carbons (Fsp3) is 0.500. The summed E-state index contributed by atoms with van der Waals surface area (Å²) in [6.07, 6.45) is 0. The zero-order chi connectivity index (χ0) is 12.1. The summed E-state index contributed by atoms with van der Waals surface area (Å²) in [4.78, 5) is 0. The second kappa shape index (κ2) is 6.58. The molecule has 1 atom stereocenters. The molecule has 1 aromatic carbocycles. The lowest BCUT2D eigenvalue weighted by atomic mass is 10.1. The van der Waals surface area contributed by atoms with E-state index in [1.165, 1.54) is 6.07 Å². The van der Waals surface area contributed by atoms with Crippen LogP contribution in [0.5, 0.6) is 0 Å². The quantitative estimate of drug-likeness (QED) is 0.812. The monoisotopic (exact) mass is 307 g/mol. The minimum absolute atomic E-state index is 0.230. The van der Waals surface area contributed by atoms with Gasteiger partial charge in [-0.3, -0.25) is 0 Å². The smallest absolute Gasteiger partial charge is 0.137 e. The van der Waals surface area contributed by atoms with E-state index in [-0.39, 0.29) is 11.9 Å². The van der Waals surface area contributed by atoms with Crippen LogP contribution >= 0.6 is 27.5 Å². The first kappa shape index (κ1) is 13.9. The van der Waals surface area contributed by atoms with Crippen LogP contribution in [-0.4, -0.2) is 11.9 Å². The highest BCUT2D eigenvalue weighted by atomic mass is 79.9. The normalized spacial score (nSPS) is 13.1. The van der Waals surface area contributed by atoms with Gasteiger partial charge in [-0.25, -0.2) is 4.39 Å². The maximum Gasteiger partial charge on any atom is 0.137 e. The van der Waals surface area contributed by atoms with Gasteiger partial charge in [0.25, 0.3) is 0 Å². The van der Waals surface area contributed by atoms with Gasteiger partial charge in [-0.15, -0.1) is 11.6 Å². The van der Waals surface area contributed by atoms with Gasteiger partial charge >= 0.3 is 0 Å². The predicted molar refractivity (Wildman–Crippen MR) is 70.3 cm³/mol. The van der Waals surface area contributed by atoms with E-state index in [0.29, 0.717) is 22.8 Å². The molecule has 90 valence electrons. The van der Waals surface area contributed by atoms with Gasteiger partial charge in [0.1, 0.15) is 5.82 Å². The van der Waals surface area contributed by atoms with E-state index in [4.69, 9.17) is 11.6 Å². The standard InChI is InChI=1S/C12H16BrClFN/c1-8(2)11(6-14)16-7-9-4-3-5-10(15)12(9)13/h3-5,8,11,16H,6-7H2,1-2H3. The van der Waals surface area contributed by atoms with Gasteiger partial charge in [0.2, 0.25) is 0 Å². The molecule has 1 nitrogen and oxygen atoms in total. The number of rotatable bonds is 5. The van der Waals surface area contributed by atoms with Crippen LogP contribution in [0.2, 0.25) is 0 Å². The molecule has 16 heavy (non-hydrogen) atoms. The van der Waals surface area contributed by atoms with Crippen LogP contribution in [0.25, 0.3) is 0 Å². The molecule has 0 saturated heterocycles. The molecule has 0 aliphatic carbocycles. The van der Waals surface area contributed by atoms with Gasteiger partial charge < -0.3 is 5.32 Å². The third-order valence-corrected chi connectivity index (χ3v) is 3.78. The Hall–Kier alpha value is -0.120. The SMILES string of the molecule is CC(C)C(CCl)NCc1cccc(F)c1Br. The fourth-order valence-corrected chi connectivity index (χ4v) is 2.26. The molecule has 0 aliphatic heterocycles. The zero-order valence-electron chi connectivity index (χ0n) is 9.43. The lowest BCUT2D eigenvalue weighted by Gasteiger charge is -2.20. The summed E-state index contributed by atoms with van der Waals surface area (Å²) in [5.41, 5.74) is 0.913. The summed E-state index contributed by atoms with van der Waals surface area (Å²) in [5, 5.41) is 3.32. The van der Waals surface area contributed by atoms with E-state index in [9.17, 15) is 4.39 Å². The van der Waals surface area contributed by atoms with Crippen LogP contribution in [0.15, 0.2) is 22.7 Å².